The van der Waals surface area contributed by atoms with Crippen LogP contribution in [0, 0.1) is 12.8 Å². The van der Waals surface area contributed by atoms with Crippen molar-refractivity contribution in [2.75, 3.05) is 13.1 Å². The van der Waals surface area contributed by atoms with Crippen LogP contribution in [0.2, 0.25) is 5.02 Å². The number of carbonyl (C=O) groups excluding carboxylic acids is 1. The van der Waals surface area contributed by atoms with Crippen LogP contribution in [0.25, 0.3) is 0 Å². The zero-order valence-corrected chi connectivity index (χ0v) is 13.0. The monoisotopic (exact) mass is 329 g/mol. The molecule has 18 heavy (non-hydrogen) atoms. The molecule has 1 amide bonds. The van der Waals surface area contributed by atoms with Gasteiger partial charge in [0.2, 0.25) is 0 Å². The summed E-state index contributed by atoms with van der Waals surface area (Å²) in [5.41, 5.74) is 1.71. The molecular weight excluding hydrogens is 314 g/mol. The van der Waals surface area contributed by atoms with Gasteiger partial charge in [0, 0.05) is 28.5 Å². The third-order valence-electron chi connectivity index (χ3n) is 3.51. The van der Waals surface area contributed by atoms with E-state index in [9.17, 15) is 4.79 Å². The molecule has 1 aliphatic heterocycles. The molecule has 2 nitrogen and oxygen atoms in total. The van der Waals surface area contributed by atoms with Gasteiger partial charge >= 0.3 is 0 Å². The molecule has 0 bridgehead atoms. The van der Waals surface area contributed by atoms with Crippen LogP contribution >= 0.6 is 27.5 Å². The fraction of sp³-hybridized carbons (Fsp3) is 0.500. The Bertz CT molecular complexity index is 463. The van der Waals surface area contributed by atoms with Gasteiger partial charge in [0.1, 0.15) is 0 Å². The van der Waals surface area contributed by atoms with Gasteiger partial charge < -0.3 is 4.90 Å². The van der Waals surface area contributed by atoms with E-state index in [2.05, 4.69) is 22.9 Å². The molecule has 0 saturated carbocycles. The molecule has 1 heterocycles. The van der Waals surface area contributed by atoms with Crippen molar-refractivity contribution in [3.63, 3.8) is 0 Å². The summed E-state index contributed by atoms with van der Waals surface area (Å²) < 4.78 is 0. The minimum absolute atomic E-state index is 0.121. The fourth-order valence-corrected chi connectivity index (χ4v) is 2.94. The lowest BCUT2D eigenvalue weighted by molar-refractivity contribution is 0.0690. The number of amides is 1. The quantitative estimate of drug-likeness (QED) is 0.715. The van der Waals surface area contributed by atoms with Crippen LogP contribution in [-0.2, 0) is 0 Å². The van der Waals surface area contributed by atoms with Gasteiger partial charge in [0.05, 0.1) is 0 Å². The maximum absolute atomic E-state index is 12.5. The molecule has 0 radical (unpaired) electrons. The number of piperidine rings is 1. The second-order valence-corrected chi connectivity index (χ2v) is 6.60. The van der Waals surface area contributed by atoms with Crippen molar-refractivity contribution in [2.45, 2.75) is 25.1 Å². The highest BCUT2D eigenvalue weighted by atomic mass is 79.9. The van der Waals surface area contributed by atoms with Gasteiger partial charge in [-0.05, 0) is 43.0 Å². The molecule has 98 valence electrons. The summed E-state index contributed by atoms with van der Waals surface area (Å²) in [6, 6.07) is 5.45. The third-order valence-corrected chi connectivity index (χ3v) is 5.10. The molecule has 2 unspecified atom stereocenters. The predicted molar refractivity (Wildman–Crippen MR) is 78.6 cm³/mol. The predicted octanol–water partition coefficient (Wildman–Crippen LogP) is 3.89. The molecular formula is C14H17BrClNO. The molecule has 1 aromatic rings. The molecule has 2 rings (SSSR count). The van der Waals surface area contributed by atoms with E-state index in [0.29, 0.717) is 15.8 Å². The number of aryl methyl sites for hydroxylation is 1. The Hall–Kier alpha value is -0.540. The first kappa shape index (κ1) is 13.9. The normalized spacial score (nSPS) is 24.1. The van der Waals surface area contributed by atoms with Crippen molar-refractivity contribution >= 4 is 33.4 Å². The highest BCUT2D eigenvalue weighted by Crippen LogP contribution is 2.25. The van der Waals surface area contributed by atoms with E-state index in [4.69, 9.17) is 11.6 Å². The average molecular weight is 331 g/mol. The standard InChI is InChI=1S/C14H17BrClNO/c1-9-7-11(16)3-4-12(9)14(18)17-6-5-13(15)10(2)8-17/h3-4,7,10,13H,5-6,8H2,1-2H3. The molecule has 1 saturated heterocycles. The van der Waals surface area contributed by atoms with Crippen molar-refractivity contribution in [1.29, 1.82) is 0 Å². The Morgan fingerprint density at radius 3 is 2.83 bits per heavy atom. The van der Waals surface area contributed by atoms with E-state index < -0.39 is 0 Å². The number of carbonyl (C=O) groups is 1. The van der Waals surface area contributed by atoms with Crippen LogP contribution in [-0.4, -0.2) is 28.7 Å². The summed E-state index contributed by atoms with van der Waals surface area (Å²) in [6.07, 6.45) is 1.01. The van der Waals surface area contributed by atoms with E-state index in [1.807, 2.05) is 24.0 Å². The number of rotatable bonds is 1. The van der Waals surface area contributed by atoms with Crippen LogP contribution in [0.3, 0.4) is 0 Å². The van der Waals surface area contributed by atoms with Gasteiger partial charge in [0.15, 0.2) is 0 Å². The summed E-state index contributed by atoms with van der Waals surface area (Å²) in [5, 5.41) is 0.677. The maximum Gasteiger partial charge on any atom is 0.254 e. The number of hydrogen-bond donors (Lipinski definition) is 0. The Labute approximate surface area is 121 Å². The summed E-state index contributed by atoms with van der Waals surface area (Å²) in [6.45, 7) is 5.74. The molecule has 0 aliphatic carbocycles. The third kappa shape index (κ3) is 2.89. The van der Waals surface area contributed by atoms with Crippen LogP contribution in [0.4, 0.5) is 0 Å². The topological polar surface area (TPSA) is 20.3 Å². The van der Waals surface area contributed by atoms with E-state index in [1.165, 1.54) is 0 Å². The van der Waals surface area contributed by atoms with Gasteiger partial charge in [-0.2, -0.15) is 0 Å². The first-order valence-electron chi connectivity index (χ1n) is 6.18. The molecule has 0 aromatic heterocycles. The Balaban J connectivity index is 2.16. The smallest absolute Gasteiger partial charge is 0.254 e. The van der Waals surface area contributed by atoms with Gasteiger partial charge in [-0.15, -0.1) is 0 Å². The van der Waals surface area contributed by atoms with E-state index >= 15 is 0 Å². The van der Waals surface area contributed by atoms with Crippen molar-refractivity contribution in [3.8, 4) is 0 Å². The highest BCUT2D eigenvalue weighted by molar-refractivity contribution is 9.09. The number of alkyl halides is 1. The maximum atomic E-state index is 12.5. The number of hydrogen-bond acceptors (Lipinski definition) is 1. The Morgan fingerprint density at radius 2 is 2.22 bits per heavy atom. The largest absolute Gasteiger partial charge is 0.338 e. The van der Waals surface area contributed by atoms with E-state index in [-0.39, 0.29) is 5.91 Å². The zero-order valence-electron chi connectivity index (χ0n) is 10.6. The molecule has 1 fully saturated rings. The molecule has 4 heteroatoms. The average Bonchev–Trinajstić information content (AvgIpc) is 2.32. The van der Waals surface area contributed by atoms with Gasteiger partial charge in [-0.3, -0.25) is 4.79 Å². The molecule has 0 spiro atoms. The molecule has 1 aromatic carbocycles. The lowest BCUT2D eigenvalue weighted by Gasteiger charge is -2.34. The number of nitrogens with zero attached hydrogens (tertiary/aromatic N) is 1. The summed E-state index contributed by atoms with van der Waals surface area (Å²) >= 11 is 9.57. The zero-order chi connectivity index (χ0) is 13.3. The molecule has 0 N–H and O–H groups in total. The summed E-state index contributed by atoms with van der Waals surface area (Å²) in [4.78, 5) is 14.9. The number of benzene rings is 1. The Morgan fingerprint density at radius 1 is 1.50 bits per heavy atom. The minimum Gasteiger partial charge on any atom is -0.338 e. The van der Waals surface area contributed by atoms with Crippen molar-refractivity contribution in [1.82, 2.24) is 4.90 Å². The second kappa shape index (κ2) is 5.62. The van der Waals surface area contributed by atoms with E-state index in [1.54, 1.807) is 6.07 Å². The summed E-state index contributed by atoms with van der Waals surface area (Å²) in [7, 11) is 0. The molecule has 1 aliphatic rings. The van der Waals surface area contributed by atoms with Crippen LogP contribution in [0.1, 0.15) is 29.3 Å². The number of halogens is 2. The SMILES string of the molecule is Cc1cc(Cl)ccc1C(=O)N1CCC(Br)C(C)C1. The van der Waals surface area contributed by atoms with Crippen LogP contribution < -0.4 is 0 Å². The van der Waals surface area contributed by atoms with Crippen molar-refractivity contribution in [3.05, 3.63) is 34.3 Å². The number of likely N-dealkylation sites (tertiary alicyclic amines) is 1. The van der Waals surface area contributed by atoms with Crippen molar-refractivity contribution < 1.29 is 4.79 Å². The lowest BCUT2D eigenvalue weighted by atomic mass is 9.98. The summed E-state index contributed by atoms with van der Waals surface area (Å²) in [5.74, 6) is 0.616. The van der Waals surface area contributed by atoms with Gasteiger partial charge in [0.25, 0.3) is 5.91 Å². The van der Waals surface area contributed by atoms with Crippen LogP contribution in [0.5, 0.6) is 0 Å². The lowest BCUT2D eigenvalue weighted by Crippen LogP contribution is -2.43. The van der Waals surface area contributed by atoms with Gasteiger partial charge in [-0.1, -0.05) is 34.5 Å². The highest BCUT2D eigenvalue weighted by Gasteiger charge is 2.27. The van der Waals surface area contributed by atoms with Crippen molar-refractivity contribution in [2.24, 2.45) is 5.92 Å². The minimum atomic E-state index is 0.121. The second-order valence-electron chi connectivity index (χ2n) is 4.99. The molecule has 2 atom stereocenters. The Kier molecular flexibility index (Phi) is 4.33. The van der Waals surface area contributed by atoms with Crippen LogP contribution in [0.15, 0.2) is 18.2 Å². The fourth-order valence-electron chi connectivity index (χ4n) is 2.34. The first-order chi connectivity index (χ1) is 8.49. The van der Waals surface area contributed by atoms with Gasteiger partial charge in [-0.25, -0.2) is 0 Å². The first-order valence-corrected chi connectivity index (χ1v) is 7.48. The van der Waals surface area contributed by atoms with E-state index in [0.717, 1.165) is 30.6 Å².